The van der Waals surface area contributed by atoms with Gasteiger partial charge in [-0.25, -0.2) is 4.79 Å². The molecular weight excluding hydrogens is 276 g/mol. The van der Waals surface area contributed by atoms with Gasteiger partial charge in [-0.3, -0.25) is 19.8 Å². The molecule has 0 atom stereocenters. The lowest BCUT2D eigenvalue weighted by molar-refractivity contribution is -0.152. The van der Waals surface area contributed by atoms with E-state index in [0.717, 1.165) is 16.0 Å². The largest absolute Gasteiger partial charge is 0.331 e. The summed E-state index contributed by atoms with van der Waals surface area (Å²) in [6.45, 7) is 5.75. The highest BCUT2D eigenvalue weighted by Crippen LogP contribution is 2.33. The Bertz CT molecular complexity index is 561. The Morgan fingerprint density at radius 1 is 1.20 bits per heavy atom. The molecule has 1 aromatic heterocycles. The fourth-order valence-electron chi connectivity index (χ4n) is 2.47. The van der Waals surface area contributed by atoms with E-state index in [-0.39, 0.29) is 12.5 Å². The van der Waals surface area contributed by atoms with Crippen LogP contribution in [0.25, 0.3) is 0 Å². The van der Waals surface area contributed by atoms with Gasteiger partial charge in [0.2, 0.25) is 11.8 Å². The molecule has 6 heteroatoms. The monoisotopic (exact) mass is 294 g/mol. The van der Waals surface area contributed by atoms with E-state index >= 15 is 0 Å². The number of urea groups is 1. The fourth-order valence-corrected chi connectivity index (χ4v) is 3.32. The lowest BCUT2D eigenvalue weighted by Crippen LogP contribution is -2.63. The number of rotatable bonds is 4. The summed E-state index contributed by atoms with van der Waals surface area (Å²) in [5, 5.41) is 6.21. The smallest absolute Gasteiger partial charge is 0.277 e. The minimum atomic E-state index is -1.11. The van der Waals surface area contributed by atoms with E-state index in [0.29, 0.717) is 12.8 Å². The number of nitrogens with one attached hydrogen (secondary N) is 1. The molecule has 2 rings (SSSR count). The highest BCUT2D eigenvalue weighted by atomic mass is 32.1. The molecule has 1 aromatic rings. The van der Waals surface area contributed by atoms with Crippen molar-refractivity contribution in [2.45, 2.75) is 40.2 Å². The van der Waals surface area contributed by atoms with E-state index < -0.39 is 17.4 Å². The summed E-state index contributed by atoms with van der Waals surface area (Å²) in [7, 11) is 0. The average molecular weight is 294 g/mol. The second-order valence-corrected chi connectivity index (χ2v) is 5.76. The maximum Gasteiger partial charge on any atom is 0.331 e. The molecule has 1 N–H and O–H groups in total. The first-order chi connectivity index (χ1) is 9.46. The Hall–Kier alpha value is -1.69. The highest BCUT2D eigenvalue weighted by molar-refractivity contribution is 7.08. The van der Waals surface area contributed by atoms with Gasteiger partial charge in [-0.2, -0.15) is 11.3 Å². The topological polar surface area (TPSA) is 66.5 Å². The molecule has 0 aliphatic carbocycles. The number of imide groups is 2. The third-order valence-corrected chi connectivity index (χ3v) is 4.96. The van der Waals surface area contributed by atoms with Crippen LogP contribution in [0.15, 0.2) is 10.8 Å². The summed E-state index contributed by atoms with van der Waals surface area (Å²) in [4.78, 5) is 37.8. The van der Waals surface area contributed by atoms with Gasteiger partial charge in [-0.05, 0) is 41.7 Å². The molecule has 0 aromatic carbocycles. The Morgan fingerprint density at radius 3 is 2.35 bits per heavy atom. The van der Waals surface area contributed by atoms with Crippen molar-refractivity contribution in [2.24, 2.45) is 5.41 Å². The number of carbonyl (C=O) groups excluding carboxylic acids is 3. The van der Waals surface area contributed by atoms with Crippen LogP contribution in [0.5, 0.6) is 0 Å². The van der Waals surface area contributed by atoms with Crippen LogP contribution in [0.4, 0.5) is 4.79 Å². The van der Waals surface area contributed by atoms with Crippen LogP contribution < -0.4 is 5.32 Å². The number of nitrogens with zero attached hydrogens (tertiary/aromatic N) is 1. The van der Waals surface area contributed by atoms with Gasteiger partial charge in [-0.1, -0.05) is 13.8 Å². The molecule has 0 bridgehead atoms. The number of hydrogen-bond acceptors (Lipinski definition) is 4. The van der Waals surface area contributed by atoms with Crippen LogP contribution in [0.3, 0.4) is 0 Å². The predicted molar refractivity (Wildman–Crippen MR) is 76.2 cm³/mol. The molecule has 0 spiro atoms. The van der Waals surface area contributed by atoms with Crippen LogP contribution in [-0.4, -0.2) is 22.7 Å². The Labute approximate surface area is 122 Å². The molecule has 0 saturated carbocycles. The molecule has 0 radical (unpaired) electrons. The quantitative estimate of drug-likeness (QED) is 0.867. The van der Waals surface area contributed by atoms with Crippen molar-refractivity contribution in [2.75, 3.05) is 0 Å². The minimum absolute atomic E-state index is 0.217. The number of thiophene rings is 1. The second-order valence-electron chi connectivity index (χ2n) is 5.02. The Morgan fingerprint density at radius 2 is 1.85 bits per heavy atom. The maximum atomic E-state index is 12.6. The van der Waals surface area contributed by atoms with Crippen molar-refractivity contribution in [3.05, 3.63) is 21.9 Å². The summed E-state index contributed by atoms with van der Waals surface area (Å²) in [5.74, 6) is -0.863. The van der Waals surface area contributed by atoms with E-state index in [1.807, 2.05) is 17.7 Å². The van der Waals surface area contributed by atoms with Gasteiger partial charge < -0.3 is 0 Å². The van der Waals surface area contributed by atoms with Crippen molar-refractivity contribution in [1.29, 1.82) is 0 Å². The summed E-state index contributed by atoms with van der Waals surface area (Å²) < 4.78 is 0. The molecule has 1 aliphatic heterocycles. The van der Waals surface area contributed by atoms with E-state index in [1.54, 1.807) is 13.8 Å². The normalized spacial score (nSPS) is 18.4. The van der Waals surface area contributed by atoms with Crippen LogP contribution in [-0.2, 0) is 16.1 Å². The van der Waals surface area contributed by atoms with E-state index in [9.17, 15) is 14.4 Å². The molecular formula is C14H18N2O3S. The summed E-state index contributed by atoms with van der Waals surface area (Å²) in [6, 6.07) is -0.622. The second kappa shape index (κ2) is 5.36. The molecule has 20 heavy (non-hydrogen) atoms. The van der Waals surface area contributed by atoms with Gasteiger partial charge in [0.05, 0.1) is 6.54 Å². The average Bonchev–Trinajstić information content (AvgIpc) is 2.81. The van der Waals surface area contributed by atoms with E-state index in [4.69, 9.17) is 0 Å². The number of aryl methyl sites for hydroxylation is 1. The molecule has 0 unspecified atom stereocenters. The lowest BCUT2D eigenvalue weighted by Gasteiger charge is -2.38. The van der Waals surface area contributed by atoms with E-state index in [2.05, 4.69) is 5.32 Å². The first-order valence-electron chi connectivity index (χ1n) is 6.65. The summed E-state index contributed by atoms with van der Waals surface area (Å²) in [6.07, 6.45) is 0.779. The first-order valence-corrected chi connectivity index (χ1v) is 7.59. The fraction of sp³-hybridized carbons (Fsp3) is 0.500. The molecule has 5 nitrogen and oxygen atoms in total. The molecule has 2 heterocycles. The SMILES string of the molecule is CCC1(CC)C(=O)NC(=O)N(Cc2cscc2C)C1=O. The van der Waals surface area contributed by atoms with Crippen molar-refractivity contribution in [1.82, 2.24) is 10.2 Å². The summed E-state index contributed by atoms with van der Waals surface area (Å²) >= 11 is 1.53. The van der Waals surface area contributed by atoms with Gasteiger partial charge >= 0.3 is 6.03 Å². The van der Waals surface area contributed by atoms with Gasteiger partial charge in [0, 0.05) is 0 Å². The predicted octanol–water partition coefficient (Wildman–Crippen LogP) is 2.44. The van der Waals surface area contributed by atoms with Gasteiger partial charge in [-0.15, -0.1) is 0 Å². The van der Waals surface area contributed by atoms with Crippen molar-refractivity contribution >= 4 is 29.2 Å². The third kappa shape index (κ3) is 2.14. The number of barbiturate groups is 1. The van der Waals surface area contributed by atoms with Gasteiger partial charge in [0.1, 0.15) is 5.41 Å². The maximum absolute atomic E-state index is 12.6. The first kappa shape index (κ1) is 14.7. The zero-order chi connectivity index (χ0) is 14.9. The van der Waals surface area contributed by atoms with Crippen LogP contribution >= 0.6 is 11.3 Å². The Kier molecular flexibility index (Phi) is 3.94. The lowest BCUT2D eigenvalue weighted by atomic mass is 9.78. The molecule has 1 saturated heterocycles. The third-order valence-electron chi connectivity index (χ3n) is 4.05. The van der Waals surface area contributed by atoms with E-state index in [1.165, 1.54) is 11.3 Å². The van der Waals surface area contributed by atoms with Crippen LogP contribution in [0.1, 0.15) is 37.8 Å². The van der Waals surface area contributed by atoms with Crippen LogP contribution in [0.2, 0.25) is 0 Å². The number of amides is 4. The van der Waals surface area contributed by atoms with Gasteiger partial charge in [0.25, 0.3) is 0 Å². The number of carbonyl (C=O) groups is 3. The molecule has 1 aliphatic rings. The van der Waals surface area contributed by atoms with Crippen LogP contribution in [0, 0.1) is 12.3 Å². The minimum Gasteiger partial charge on any atom is -0.277 e. The molecule has 4 amide bonds. The summed E-state index contributed by atoms with van der Waals surface area (Å²) in [5.41, 5.74) is 0.873. The molecule has 1 fully saturated rings. The van der Waals surface area contributed by atoms with Gasteiger partial charge in [0.15, 0.2) is 0 Å². The standard InChI is InChI=1S/C14H18N2O3S/c1-4-14(5-2)11(17)15-13(19)16(12(14)18)6-10-8-20-7-9(10)3/h7-8H,4-6H2,1-3H3,(H,15,17,19). The van der Waals surface area contributed by atoms with Crippen molar-refractivity contribution in [3.8, 4) is 0 Å². The molecule has 108 valence electrons. The number of hydrogen-bond donors (Lipinski definition) is 1. The van der Waals surface area contributed by atoms with Crippen molar-refractivity contribution in [3.63, 3.8) is 0 Å². The Balaban J connectivity index is 2.33. The van der Waals surface area contributed by atoms with Crippen molar-refractivity contribution < 1.29 is 14.4 Å². The zero-order valence-corrected chi connectivity index (χ0v) is 12.7. The highest BCUT2D eigenvalue weighted by Gasteiger charge is 2.51. The zero-order valence-electron chi connectivity index (χ0n) is 11.9.